The Balaban J connectivity index is 1.42. The quantitative estimate of drug-likeness (QED) is 0.466. The summed E-state index contributed by atoms with van der Waals surface area (Å²) in [6, 6.07) is 13.2. The minimum atomic E-state index is -4.45. The normalized spacial score (nSPS) is 18.3. The number of hydrogen-bond donors (Lipinski definition) is 4. The van der Waals surface area contributed by atoms with Crippen molar-refractivity contribution in [3.05, 3.63) is 65.7 Å². The van der Waals surface area contributed by atoms with Crippen LogP contribution in [0.4, 0.5) is 18.9 Å². The number of hydrogen-bond acceptors (Lipinski definition) is 5. The molecule has 33 heavy (non-hydrogen) atoms. The zero-order valence-corrected chi connectivity index (χ0v) is 18.3. The maximum Gasteiger partial charge on any atom is 0.416 e. The number of alkyl halides is 3. The van der Waals surface area contributed by atoms with E-state index in [0.717, 1.165) is 29.5 Å². The van der Waals surface area contributed by atoms with Gasteiger partial charge >= 0.3 is 6.18 Å². The number of amides is 3. The third kappa shape index (κ3) is 8.10. The summed E-state index contributed by atoms with van der Waals surface area (Å²) in [6.45, 7) is 0.390. The lowest BCUT2D eigenvalue weighted by atomic mass is 10.1. The van der Waals surface area contributed by atoms with E-state index in [-0.39, 0.29) is 42.1 Å². The van der Waals surface area contributed by atoms with Crippen LogP contribution in [-0.4, -0.2) is 35.0 Å². The fourth-order valence-corrected chi connectivity index (χ4v) is 4.05. The smallest absolute Gasteiger partial charge is 0.352 e. The Morgan fingerprint density at radius 3 is 2.39 bits per heavy atom. The second-order valence-corrected chi connectivity index (χ2v) is 8.51. The van der Waals surface area contributed by atoms with Crippen LogP contribution in [0.3, 0.4) is 0 Å². The lowest BCUT2D eigenvalue weighted by Crippen LogP contribution is -2.56. The minimum absolute atomic E-state index is 0.0497. The summed E-state index contributed by atoms with van der Waals surface area (Å²) in [4.78, 5) is 36.4. The molecular weight excluding hydrogens is 457 g/mol. The van der Waals surface area contributed by atoms with Crippen LogP contribution in [0.1, 0.15) is 24.0 Å². The van der Waals surface area contributed by atoms with Crippen LogP contribution < -0.4 is 21.3 Å². The van der Waals surface area contributed by atoms with E-state index < -0.39 is 23.1 Å². The van der Waals surface area contributed by atoms with Gasteiger partial charge in [0.25, 0.3) is 0 Å². The predicted molar refractivity (Wildman–Crippen MR) is 119 cm³/mol. The maximum atomic E-state index is 12.6. The van der Waals surface area contributed by atoms with E-state index in [2.05, 4.69) is 21.3 Å². The van der Waals surface area contributed by atoms with E-state index in [9.17, 15) is 27.6 Å². The molecule has 2 aromatic carbocycles. The van der Waals surface area contributed by atoms with Crippen molar-refractivity contribution in [3.63, 3.8) is 0 Å². The Hall–Kier alpha value is -3.05. The van der Waals surface area contributed by atoms with Gasteiger partial charge < -0.3 is 16.0 Å². The van der Waals surface area contributed by atoms with Gasteiger partial charge in [0, 0.05) is 31.1 Å². The van der Waals surface area contributed by atoms with Crippen molar-refractivity contribution in [2.24, 2.45) is 0 Å². The number of carbonyl (C=O) groups excluding carboxylic acids is 3. The van der Waals surface area contributed by atoms with Gasteiger partial charge in [0.05, 0.1) is 11.3 Å². The van der Waals surface area contributed by atoms with Gasteiger partial charge in [-0.15, -0.1) is 11.8 Å². The van der Waals surface area contributed by atoms with Crippen molar-refractivity contribution in [1.29, 1.82) is 0 Å². The third-order valence-corrected chi connectivity index (χ3v) is 5.77. The van der Waals surface area contributed by atoms with Crippen molar-refractivity contribution in [3.8, 4) is 0 Å². The number of anilines is 1. The van der Waals surface area contributed by atoms with Crippen molar-refractivity contribution >= 4 is 35.2 Å². The van der Waals surface area contributed by atoms with Gasteiger partial charge in [-0.2, -0.15) is 13.2 Å². The Kier molecular flexibility index (Phi) is 8.34. The van der Waals surface area contributed by atoms with Gasteiger partial charge in [0.15, 0.2) is 0 Å². The van der Waals surface area contributed by atoms with E-state index >= 15 is 0 Å². The molecule has 1 aliphatic heterocycles. The van der Waals surface area contributed by atoms with Crippen LogP contribution in [0.15, 0.2) is 54.6 Å². The molecule has 1 heterocycles. The van der Waals surface area contributed by atoms with Gasteiger partial charge in [-0.25, -0.2) is 0 Å². The maximum absolute atomic E-state index is 12.6. The highest BCUT2D eigenvalue weighted by atomic mass is 32.2. The van der Waals surface area contributed by atoms with Crippen LogP contribution in [0.25, 0.3) is 0 Å². The Morgan fingerprint density at radius 1 is 1.03 bits per heavy atom. The van der Waals surface area contributed by atoms with E-state index in [4.69, 9.17) is 0 Å². The molecule has 1 fully saturated rings. The molecule has 0 bridgehead atoms. The number of rotatable bonds is 8. The topological polar surface area (TPSA) is 99.3 Å². The third-order valence-electron chi connectivity index (χ3n) is 4.75. The first-order valence-electron chi connectivity index (χ1n) is 10.1. The molecule has 0 aromatic heterocycles. The van der Waals surface area contributed by atoms with Crippen LogP contribution in [0.2, 0.25) is 0 Å². The summed E-state index contributed by atoms with van der Waals surface area (Å²) < 4.78 is 37.8. The highest BCUT2D eigenvalue weighted by Gasteiger charge is 2.30. The molecule has 0 spiro atoms. The second kappa shape index (κ2) is 11.2. The number of thioether (sulfide) groups is 1. The lowest BCUT2D eigenvalue weighted by molar-refractivity contribution is -0.137. The summed E-state index contributed by atoms with van der Waals surface area (Å²) in [5, 5.41) is 11.1. The van der Waals surface area contributed by atoms with E-state index in [1.807, 2.05) is 30.3 Å². The van der Waals surface area contributed by atoms with Crippen LogP contribution >= 0.6 is 11.8 Å². The molecule has 7 nitrogen and oxygen atoms in total. The molecule has 2 unspecified atom stereocenters. The number of halogens is 3. The lowest BCUT2D eigenvalue weighted by Gasteiger charge is -2.30. The summed E-state index contributed by atoms with van der Waals surface area (Å²) in [7, 11) is 0. The Labute approximate surface area is 192 Å². The number of nitrogens with one attached hydrogen (secondary N) is 4. The summed E-state index contributed by atoms with van der Waals surface area (Å²) in [5.74, 6) is -0.921. The van der Waals surface area contributed by atoms with Gasteiger partial charge in [-0.3, -0.25) is 19.7 Å². The van der Waals surface area contributed by atoms with Gasteiger partial charge in [0.1, 0.15) is 5.50 Å². The first kappa shape index (κ1) is 24.6. The monoisotopic (exact) mass is 480 g/mol. The molecule has 0 radical (unpaired) electrons. The van der Waals surface area contributed by atoms with E-state index in [1.165, 1.54) is 12.1 Å². The largest absolute Gasteiger partial charge is 0.416 e. The molecule has 2 aromatic rings. The molecule has 11 heteroatoms. The van der Waals surface area contributed by atoms with Crippen LogP contribution in [-0.2, 0) is 27.1 Å². The van der Waals surface area contributed by atoms with Crippen LogP contribution in [0, 0.1) is 0 Å². The first-order chi connectivity index (χ1) is 15.7. The first-order valence-corrected chi connectivity index (χ1v) is 11.2. The van der Waals surface area contributed by atoms with Crippen molar-refractivity contribution in [2.75, 3.05) is 11.1 Å². The van der Waals surface area contributed by atoms with Crippen molar-refractivity contribution < 1.29 is 27.6 Å². The summed E-state index contributed by atoms with van der Waals surface area (Å²) in [5.41, 5.74) is -0.172. The summed E-state index contributed by atoms with van der Waals surface area (Å²) >= 11 is 1.11. The molecule has 176 valence electrons. The number of carbonyl (C=O) groups is 3. The fourth-order valence-electron chi connectivity index (χ4n) is 3.16. The van der Waals surface area contributed by atoms with Gasteiger partial charge in [-0.05, 0) is 29.8 Å². The predicted octanol–water partition coefficient (Wildman–Crippen LogP) is 2.85. The van der Waals surface area contributed by atoms with Gasteiger partial charge in [-0.1, -0.05) is 30.3 Å². The highest BCUT2D eigenvalue weighted by molar-refractivity contribution is 8.00. The summed E-state index contributed by atoms with van der Waals surface area (Å²) in [6.07, 6.45) is -4.21. The Bertz CT molecular complexity index is 971. The average Bonchev–Trinajstić information content (AvgIpc) is 2.76. The SMILES string of the molecule is O=C(CC1CC(=O)NC(SCC(=O)Nc2ccc(C(F)(F)F)cc2)N1)NCc1ccccc1. The molecular formula is C22H23F3N4O3S. The van der Waals surface area contributed by atoms with E-state index in [1.54, 1.807) is 0 Å². The molecule has 0 aliphatic carbocycles. The van der Waals surface area contributed by atoms with Crippen molar-refractivity contribution in [2.45, 2.75) is 37.1 Å². The second-order valence-electron chi connectivity index (χ2n) is 7.42. The molecule has 4 N–H and O–H groups in total. The van der Waals surface area contributed by atoms with Crippen LogP contribution in [0.5, 0.6) is 0 Å². The molecule has 1 saturated heterocycles. The minimum Gasteiger partial charge on any atom is -0.352 e. The number of benzene rings is 2. The Morgan fingerprint density at radius 2 is 1.73 bits per heavy atom. The highest BCUT2D eigenvalue weighted by Crippen LogP contribution is 2.29. The fraction of sp³-hybridized carbons (Fsp3) is 0.318. The molecule has 1 aliphatic rings. The van der Waals surface area contributed by atoms with E-state index in [0.29, 0.717) is 6.54 Å². The average molecular weight is 481 g/mol. The van der Waals surface area contributed by atoms with Crippen molar-refractivity contribution in [1.82, 2.24) is 16.0 Å². The standard InChI is InChI=1S/C22H23F3N4O3S/c23-22(24,25)15-6-8-16(9-7-15)27-20(32)13-33-21-28-17(11-19(31)29-21)10-18(30)26-12-14-4-2-1-3-5-14/h1-9,17,21,28H,10-13H2,(H,26,30)(H,27,32)(H,29,31). The molecule has 2 atom stereocenters. The molecule has 3 amide bonds. The zero-order chi connectivity index (χ0) is 23.8. The molecule has 0 saturated carbocycles. The molecule has 3 rings (SSSR count). The zero-order valence-electron chi connectivity index (χ0n) is 17.4. The van der Waals surface area contributed by atoms with Gasteiger partial charge in [0.2, 0.25) is 17.7 Å².